The van der Waals surface area contributed by atoms with E-state index in [0.717, 1.165) is 6.42 Å². The van der Waals surface area contributed by atoms with Gasteiger partial charge in [-0.3, -0.25) is 4.79 Å². The second-order valence-corrected chi connectivity index (χ2v) is 4.95. The number of nitrogens with one attached hydrogen (secondary N) is 1. The fraction of sp³-hybridized carbons (Fsp3) is 0.462. The van der Waals surface area contributed by atoms with E-state index >= 15 is 0 Å². The van der Waals surface area contributed by atoms with Crippen LogP contribution in [0.1, 0.15) is 37.0 Å². The average molecular weight is 271 g/mol. The number of nitrogen functional groups attached to an aromatic ring is 1. The molecule has 1 rings (SSSR count). The molecule has 18 heavy (non-hydrogen) atoms. The number of carbonyl (C=O) groups excluding carboxylic acids is 1. The van der Waals surface area contributed by atoms with Crippen LogP contribution in [0.15, 0.2) is 18.2 Å². The van der Waals surface area contributed by atoms with E-state index in [1.165, 1.54) is 0 Å². The van der Waals surface area contributed by atoms with Gasteiger partial charge >= 0.3 is 0 Å². The highest BCUT2D eigenvalue weighted by Crippen LogP contribution is 2.23. The summed E-state index contributed by atoms with van der Waals surface area (Å²) in [6.07, 6.45) is 1.22. The van der Waals surface area contributed by atoms with Gasteiger partial charge in [0.2, 0.25) is 0 Å². The summed E-state index contributed by atoms with van der Waals surface area (Å²) in [6, 6.07) is 4.95. The third-order valence-electron chi connectivity index (χ3n) is 3.16. The van der Waals surface area contributed by atoms with Gasteiger partial charge in [-0.15, -0.1) is 0 Å². The number of halogens is 1. The smallest absolute Gasteiger partial charge is 0.253 e. The van der Waals surface area contributed by atoms with Crippen molar-refractivity contribution in [2.45, 2.75) is 32.2 Å². The molecule has 1 amide bonds. The van der Waals surface area contributed by atoms with Gasteiger partial charge in [0.1, 0.15) is 0 Å². The van der Waals surface area contributed by atoms with Crippen LogP contribution in [-0.2, 0) is 0 Å². The lowest BCUT2D eigenvalue weighted by atomic mass is 9.94. The molecule has 0 saturated heterocycles. The molecule has 4 nitrogen and oxygen atoms in total. The summed E-state index contributed by atoms with van der Waals surface area (Å²) in [6.45, 7) is 3.87. The molecule has 0 bridgehead atoms. The Morgan fingerprint density at radius 1 is 1.56 bits per heavy atom. The minimum atomic E-state index is -0.444. The van der Waals surface area contributed by atoms with E-state index < -0.39 is 5.54 Å². The Hall–Kier alpha value is -1.26. The van der Waals surface area contributed by atoms with E-state index in [1.807, 2.05) is 13.8 Å². The fourth-order valence-corrected chi connectivity index (χ4v) is 1.83. The summed E-state index contributed by atoms with van der Waals surface area (Å²) >= 11 is 5.88. The molecule has 4 N–H and O–H groups in total. The summed E-state index contributed by atoms with van der Waals surface area (Å²) in [4.78, 5) is 12.1. The minimum Gasteiger partial charge on any atom is -0.397 e. The van der Waals surface area contributed by atoms with Gasteiger partial charge in [-0.25, -0.2) is 0 Å². The number of carbonyl (C=O) groups is 1. The van der Waals surface area contributed by atoms with Gasteiger partial charge in [0.05, 0.1) is 16.3 Å². The van der Waals surface area contributed by atoms with Crippen LogP contribution < -0.4 is 11.1 Å². The molecule has 0 aliphatic rings. The maximum atomic E-state index is 12.1. The molecule has 1 unspecified atom stereocenters. The molecule has 1 atom stereocenters. The molecule has 100 valence electrons. The first-order valence-electron chi connectivity index (χ1n) is 5.91. The number of aliphatic hydroxyl groups excluding tert-OH is 1. The topological polar surface area (TPSA) is 75.3 Å². The number of anilines is 1. The van der Waals surface area contributed by atoms with Crippen molar-refractivity contribution in [3.63, 3.8) is 0 Å². The molecule has 0 spiro atoms. The third kappa shape index (κ3) is 3.37. The van der Waals surface area contributed by atoms with Crippen molar-refractivity contribution < 1.29 is 9.90 Å². The molecule has 5 heteroatoms. The van der Waals surface area contributed by atoms with E-state index in [0.29, 0.717) is 17.0 Å². The quantitative estimate of drug-likeness (QED) is 0.718. The zero-order valence-electron chi connectivity index (χ0n) is 10.7. The normalized spacial score (nSPS) is 14.0. The van der Waals surface area contributed by atoms with E-state index in [-0.39, 0.29) is 18.2 Å². The Bertz CT molecular complexity index is 437. The van der Waals surface area contributed by atoms with Crippen molar-refractivity contribution in [1.29, 1.82) is 0 Å². The van der Waals surface area contributed by atoms with Gasteiger partial charge < -0.3 is 16.2 Å². The van der Waals surface area contributed by atoms with Crippen LogP contribution in [-0.4, -0.2) is 23.2 Å². The standard InChI is InChI=1S/C13H19ClN2O2/c1-3-13(2,7-8-17)16-12(18)9-5-4-6-10(14)11(9)15/h4-6,17H,3,7-8,15H2,1-2H3,(H,16,18). The molecular formula is C13H19ClN2O2. The van der Waals surface area contributed by atoms with Gasteiger partial charge in [-0.2, -0.15) is 0 Å². The van der Waals surface area contributed by atoms with Crippen molar-refractivity contribution in [2.24, 2.45) is 0 Å². The van der Waals surface area contributed by atoms with E-state index in [1.54, 1.807) is 18.2 Å². The first-order valence-corrected chi connectivity index (χ1v) is 6.28. The van der Waals surface area contributed by atoms with Crippen LogP contribution in [0.25, 0.3) is 0 Å². The Balaban J connectivity index is 2.91. The maximum Gasteiger partial charge on any atom is 0.253 e. The zero-order chi connectivity index (χ0) is 13.8. The first-order chi connectivity index (χ1) is 8.43. The number of hydrogen-bond donors (Lipinski definition) is 3. The lowest BCUT2D eigenvalue weighted by molar-refractivity contribution is 0.0887. The second kappa shape index (κ2) is 6.07. The Morgan fingerprint density at radius 2 is 2.22 bits per heavy atom. The minimum absolute atomic E-state index is 0.0235. The molecule has 0 heterocycles. The highest BCUT2D eigenvalue weighted by Gasteiger charge is 2.25. The monoisotopic (exact) mass is 270 g/mol. The summed E-state index contributed by atoms with van der Waals surface area (Å²) < 4.78 is 0. The van der Waals surface area contributed by atoms with Crippen molar-refractivity contribution in [1.82, 2.24) is 5.32 Å². The number of nitrogens with two attached hydrogens (primary N) is 1. The number of rotatable bonds is 5. The number of aliphatic hydroxyl groups is 1. The van der Waals surface area contributed by atoms with E-state index in [2.05, 4.69) is 5.32 Å². The van der Waals surface area contributed by atoms with Gasteiger partial charge in [0, 0.05) is 12.1 Å². The van der Waals surface area contributed by atoms with Crippen LogP contribution in [0.5, 0.6) is 0 Å². The molecular weight excluding hydrogens is 252 g/mol. The largest absolute Gasteiger partial charge is 0.397 e. The SMILES string of the molecule is CCC(C)(CCO)NC(=O)c1cccc(Cl)c1N. The Morgan fingerprint density at radius 3 is 2.78 bits per heavy atom. The van der Waals surface area contributed by atoms with Crippen LogP contribution in [0, 0.1) is 0 Å². The highest BCUT2D eigenvalue weighted by atomic mass is 35.5. The van der Waals surface area contributed by atoms with Crippen molar-refractivity contribution in [3.05, 3.63) is 28.8 Å². The number of para-hydroxylation sites is 1. The van der Waals surface area contributed by atoms with Gasteiger partial charge in [-0.1, -0.05) is 24.6 Å². The van der Waals surface area contributed by atoms with Crippen LogP contribution in [0.3, 0.4) is 0 Å². The summed E-state index contributed by atoms with van der Waals surface area (Å²) in [5, 5.41) is 12.3. The second-order valence-electron chi connectivity index (χ2n) is 4.54. The summed E-state index contributed by atoms with van der Waals surface area (Å²) in [7, 11) is 0. The lowest BCUT2D eigenvalue weighted by Gasteiger charge is -2.29. The van der Waals surface area contributed by atoms with E-state index in [9.17, 15) is 4.79 Å². The summed E-state index contributed by atoms with van der Waals surface area (Å²) in [5.41, 5.74) is 5.97. The number of hydrogen-bond acceptors (Lipinski definition) is 3. The third-order valence-corrected chi connectivity index (χ3v) is 3.49. The first kappa shape index (κ1) is 14.8. The Labute approximate surface area is 112 Å². The van der Waals surface area contributed by atoms with Crippen LogP contribution >= 0.6 is 11.6 Å². The maximum absolute atomic E-state index is 12.1. The predicted molar refractivity (Wildman–Crippen MR) is 73.7 cm³/mol. The molecule has 1 aromatic carbocycles. The molecule has 0 radical (unpaired) electrons. The number of benzene rings is 1. The van der Waals surface area contributed by atoms with Crippen LogP contribution in [0.2, 0.25) is 5.02 Å². The van der Waals surface area contributed by atoms with Crippen molar-refractivity contribution in [2.75, 3.05) is 12.3 Å². The average Bonchev–Trinajstić information content (AvgIpc) is 2.32. The fourth-order valence-electron chi connectivity index (χ4n) is 1.65. The number of amides is 1. The van der Waals surface area contributed by atoms with Crippen LogP contribution in [0.4, 0.5) is 5.69 Å². The molecule has 0 aliphatic heterocycles. The summed E-state index contributed by atoms with van der Waals surface area (Å²) in [5.74, 6) is -0.271. The molecule has 0 fully saturated rings. The van der Waals surface area contributed by atoms with Gasteiger partial charge in [-0.05, 0) is 31.9 Å². The molecule has 0 aliphatic carbocycles. The van der Waals surface area contributed by atoms with Gasteiger partial charge in [0.25, 0.3) is 5.91 Å². The predicted octanol–water partition coefficient (Wildman–Crippen LogP) is 2.20. The van der Waals surface area contributed by atoms with Crippen molar-refractivity contribution >= 4 is 23.2 Å². The zero-order valence-corrected chi connectivity index (χ0v) is 11.4. The van der Waals surface area contributed by atoms with E-state index in [4.69, 9.17) is 22.4 Å². The Kier molecular flexibility index (Phi) is 4.99. The molecule has 0 saturated carbocycles. The van der Waals surface area contributed by atoms with Gasteiger partial charge in [0.15, 0.2) is 0 Å². The molecule has 0 aromatic heterocycles. The van der Waals surface area contributed by atoms with Crippen molar-refractivity contribution in [3.8, 4) is 0 Å². The lowest BCUT2D eigenvalue weighted by Crippen LogP contribution is -2.46. The molecule has 1 aromatic rings. The highest BCUT2D eigenvalue weighted by molar-refractivity contribution is 6.33.